The second-order valence-electron chi connectivity index (χ2n) is 2.00. The minimum atomic E-state index is -0.338. The molecule has 0 saturated heterocycles. The van der Waals surface area contributed by atoms with Gasteiger partial charge in [-0.2, -0.15) is 0 Å². The molecule has 66 valence electrons. The monoisotopic (exact) mass is 249 g/mol. The summed E-state index contributed by atoms with van der Waals surface area (Å²) in [5, 5.41) is 2.93. The molecule has 0 saturated carbocycles. The summed E-state index contributed by atoms with van der Waals surface area (Å²) < 4.78 is 4.78. The SMILES string of the molecule is CCOC(=O)c1nc(CBr)cs1. The van der Waals surface area contributed by atoms with Crippen LogP contribution in [0.25, 0.3) is 0 Å². The zero-order valence-electron chi connectivity index (χ0n) is 6.54. The first-order valence-corrected chi connectivity index (χ1v) is 5.45. The molecule has 0 amide bonds. The lowest BCUT2D eigenvalue weighted by Crippen LogP contribution is -2.03. The number of thiazole rings is 1. The summed E-state index contributed by atoms with van der Waals surface area (Å²) in [6.45, 7) is 2.17. The largest absolute Gasteiger partial charge is 0.461 e. The molecule has 0 atom stereocenters. The van der Waals surface area contributed by atoms with Crippen LogP contribution in [0.2, 0.25) is 0 Å². The highest BCUT2D eigenvalue weighted by molar-refractivity contribution is 9.08. The molecule has 1 aromatic rings. The summed E-state index contributed by atoms with van der Waals surface area (Å²) in [6.07, 6.45) is 0. The van der Waals surface area contributed by atoms with Crippen LogP contribution in [0.3, 0.4) is 0 Å². The number of carbonyl (C=O) groups is 1. The second kappa shape index (κ2) is 4.57. The van der Waals surface area contributed by atoms with Gasteiger partial charge in [0, 0.05) is 10.7 Å². The van der Waals surface area contributed by atoms with Crippen molar-refractivity contribution in [2.24, 2.45) is 0 Å². The molecule has 0 unspecified atom stereocenters. The summed E-state index contributed by atoms with van der Waals surface area (Å²) >= 11 is 4.56. The van der Waals surface area contributed by atoms with E-state index < -0.39 is 0 Å². The van der Waals surface area contributed by atoms with Crippen molar-refractivity contribution < 1.29 is 9.53 Å². The van der Waals surface area contributed by atoms with Crippen molar-refractivity contribution >= 4 is 33.2 Å². The van der Waals surface area contributed by atoms with Crippen molar-refractivity contribution in [1.29, 1.82) is 0 Å². The Morgan fingerprint density at radius 1 is 1.83 bits per heavy atom. The third-order valence-corrected chi connectivity index (χ3v) is 2.58. The average molecular weight is 250 g/mol. The van der Waals surface area contributed by atoms with Gasteiger partial charge in [0.15, 0.2) is 0 Å². The Bertz CT molecular complexity index is 274. The van der Waals surface area contributed by atoms with Gasteiger partial charge in [-0.3, -0.25) is 0 Å². The van der Waals surface area contributed by atoms with E-state index in [9.17, 15) is 4.79 Å². The van der Waals surface area contributed by atoms with Gasteiger partial charge in [-0.1, -0.05) is 15.9 Å². The summed E-state index contributed by atoms with van der Waals surface area (Å²) in [7, 11) is 0. The maximum atomic E-state index is 11.1. The fraction of sp³-hybridized carbons (Fsp3) is 0.429. The Balaban J connectivity index is 2.68. The molecule has 1 rings (SSSR count). The van der Waals surface area contributed by atoms with Gasteiger partial charge >= 0.3 is 5.97 Å². The van der Waals surface area contributed by atoms with Gasteiger partial charge in [0.1, 0.15) is 0 Å². The third-order valence-electron chi connectivity index (χ3n) is 1.14. The van der Waals surface area contributed by atoms with Crippen LogP contribution in [0.4, 0.5) is 0 Å². The number of hydrogen-bond acceptors (Lipinski definition) is 4. The third kappa shape index (κ3) is 2.28. The van der Waals surface area contributed by atoms with Crippen molar-refractivity contribution in [3.63, 3.8) is 0 Å². The van der Waals surface area contributed by atoms with Crippen LogP contribution in [0.1, 0.15) is 22.4 Å². The van der Waals surface area contributed by atoms with Crippen LogP contribution >= 0.6 is 27.3 Å². The van der Waals surface area contributed by atoms with Crippen molar-refractivity contribution in [1.82, 2.24) is 4.98 Å². The first-order valence-electron chi connectivity index (χ1n) is 3.45. The molecule has 0 radical (unpaired) electrons. The van der Waals surface area contributed by atoms with Gasteiger partial charge in [0.05, 0.1) is 12.3 Å². The molecule has 0 N–H and O–H groups in total. The van der Waals surface area contributed by atoms with Crippen molar-refractivity contribution in [3.05, 3.63) is 16.1 Å². The van der Waals surface area contributed by atoms with Crippen LogP contribution in [0.5, 0.6) is 0 Å². The van der Waals surface area contributed by atoms with E-state index in [0.29, 0.717) is 16.9 Å². The number of halogens is 1. The van der Waals surface area contributed by atoms with Gasteiger partial charge in [-0.05, 0) is 6.92 Å². The number of ether oxygens (including phenoxy) is 1. The lowest BCUT2D eigenvalue weighted by atomic mass is 10.6. The molecule has 0 aliphatic heterocycles. The molecular formula is C7H8BrNO2S. The smallest absolute Gasteiger partial charge is 0.367 e. The minimum absolute atomic E-state index is 0.338. The standard InChI is InChI=1S/C7H8BrNO2S/c1-2-11-7(10)6-9-5(3-8)4-12-6/h4H,2-3H2,1H3. The molecule has 5 heteroatoms. The highest BCUT2D eigenvalue weighted by atomic mass is 79.9. The van der Waals surface area contributed by atoms with E-state index in [2.05, 4.69) is 20.9 Å². The Kier molecular flexibility index (Phi) is 3.68. The lowest BCUT2D eigenvalue weighted by molar-refractivity contribution is 0.0526. The number of carbonyl (C=O) groups excluding carboxylic acids is 1. The Labute approximate surface area is 82.9 Å². The molecule has 0 aromatic carbocycles. The predicted molar refractivity (Wildman–Crippen MR) is 50.7 cm³/mol. The summed E-state index contributed by atoms with van der Waals surface area (Å²) in [4.78, 5) is 15.1. The number of aromatic nitrogens is 1. The van der Waals surface area contributed by atoms with Crippen molar-refractivity contribution in [2.45, 2.75) is 12.3 Å². The molecular weight excluding hydrogens is 242 g/mol. The molecule has 0 fully saturated rings. The number of alkyl halides is 1. The normalized spacial score (nSPS) is 9.83. The summed E-state index contributed by atoms with van der Waals surface area (Å²) in [5.41, 5.74) is 0.864. The van der Waals surface area contributed by atoms with E-state index >= 15 is 0 Å². The molecule has 0 aliphatic carbocycles. The van der Waals surface area contributed by atoms with Gasteiger partial charge in [-0.15, -0.1) is 11.3 Å². The highest BCUT2D eigenvalue weighted by Gasteiger charge is 2.10. The quantitative estimate of drug-likeness (QED) is 0.609. The average Bonchev–Trinajstić information content (AvgIpc) is 2.52. The van der Waals surface area contributed by atoms with E-state index in [1.807, 2.05) is 5.38 Å². The maximum Gasteiger partial charge on any atom is 0.367 e. The van der Waals surface area contributed by atoms with Gasteiger partial charge in [0.2, 0.25) is 5.01 Å². The highest BCUT2D eigenvalue weighted by Crippen LogP contribution is 2.13. The van der Waals surface area contributed by atoms with E-state index in [4.69, 9.17) is 4.74 Å². The fourth-order valence-corrected chi connectivity index (χ4v) is 1.87. The maximum absolute atomic E-state index is 11.1. The number of esters is 1. The Hall–Kier alpha value is -0.420. The zero-order valence-corrected chi connectivity index (χ0v) is 8.94. The van der Waals surface area contributed by atoms with Crippen LogP contribution in [0.15, 0.2) is 5.38 Å². The van der Waals surface area contributed by atoms with E-state index in [1.165, 1.54) is 11.3 Å². The number of nitrogens with zero attached hydrogens (tertiary/aromatic N) is 1. The molecule has 12 heavy (non-hydrogen) atoms. The first kappa shape index (κ1) is 9.67. The van der Waals surface area contributed by atoms with Crippen LogP contribution in [-0.4, -0.2) is 17.6 Å². The van der Waals surface area contributed by atoms with Crippen LogP contribution in [0, 0.1) is 0 Å². The van der Waals surface area contributed by atoms with Crippen LogP contribution < -0.4 is 0 Å². The van der Waals surface area contributed by atoms with Gasteiger partial charge in [-0.25, -0.2) is 9.78 Å². The van der Waals surface area contributed by atoms with E-state index in [1.54, 1.807) is 6.92 Å². The summed E-state index contributed by atoms with van der Waals surface area (Å²) in [5.74, 6) is -0.338. The van der Waals surface area contributed by atoms with Crippen molar-refractivity contribution in [2.75, 3.05) is 6.61 Å². The lowest BCUT2D eigenvalue weighted by Gasteiger charge is -1.95. The zero-order chi connectivity index (χ0) is 8.97. The predicted octanol–water partition coefficient (Wildman–Crippen LogP) is 2.21. The van der Waals surface area contributed by atoms with E-state index in [0.717, 1.165) is 5.69 Å². The molecule has 1 heterocycles. The number of rotatable bonds is 3. The van der Waals surface area contributed by atoms with E-state index in [-0.39, 0.29) is 5.97 Å². The fourth-order valence-electron chi connectivity index (χ4n) is 0.655. The van der Waals surface area contributed by atoms with Gasteiger partial charge in [0.25, 0.3) is 0 Å². The second-order valence-corrected chi connectivity index (χ2v) is 3.42. The molecule has 1 aromatic heterocycles. The molecule has 0 aliphatic rings. The topological polar surface area (TPSA) is 39.2 Å². The Morgan fingerprint density at radius 3 is 3.08 bits per heavy atom. The van der Waals surface area contributed by atoms with Crippen molar-refractivity contribution in [3.8, 4) is 0 Å². The summed E-state index contributed by atoms with van der Waals surface area (Å²) in [6, 6.07) is 0. The molecule has 3 nitrogen and oxygen atoms in total. The Morgan fingerprint density at radius 2 is 2.58 bits per heavy atom. The van der Waals surface area contributed by atoms with Gasteiger partial charge < -0.3 is 4.74 Å². The first-order chi connectivity index (χ1) is 5.77. The minimum Gasteiger partial charge on any atom is -0.461 e. The molecule has 0 spiro atoms. The molecule has 0 bridgehead atoms. The number of hydrogen-bond donors (Lipinski definition) is 0. The van der Waals surface area contributed by atoms with Crippen LogP contribution in [-0.2, 0) is 10.1 Å².